The molecular formula is C14H20BrNO2S. The third-order valence-electron chi connectivity index (χ3n) is 4.09. The molecule has 1 aromatic rings. The number of halogens is 1. The Bertz CT molecular complexity index is 553. The van der Waals surface area contributed by atoms with Crippen molar-refractivity contribution in [2.45, 2.75) is 36.9 Å². The van der Waals surface area contributed by atoms with E-state index < -0.39 is 10.0 Å². The van der Waals surface area contributed by atoms with E-state index in [1.54, 1.807) is 16.4 Å². The molecule has 1 aliphatic heterocycles. The Hall–Kier alpha value is -0.390. The lowest BCUT2D eigenvalue weighted by atomic mass is 9.87. The molecule has 2 unspecified atom stereocenters. The van der Waals surface area contributed by atoms with E-state index in [0.29, 0.717) is 22.8 Å². The van der Waals surface area contributed by atoms with Gasteiger partial charge in [-0.25, -0.2) is 8.42 Å². The number of benzene rings is 1. The van der Waals surface area contributed by atoms with Crippen LogP contribution in [0.25, 0.3) is 0 Å². The van der Waals surface area contributed by atoms with Gasteiger partial charge in [0.1, 0.15) is 0 Å². The highest BCUT2D eigenvalue weighted by atomic mass is 79.9. The van der Waals surface area contributed by atoms with Crippen molar-refractivity contribution < 1.29 is 8.42 Å². The number of aryl methyl sites for hydroxylation is 1. The molecule has 2 rings (SSSR count). The van der Waals surface area contributed by atoms with Gasteiger partial charge in [-0.3, -0.25) is 0 Å². The first kappa shape index (κ1) is 15.0. The monoisotopic (exact) mass is 345 g/mol. The average molecular weight is 346 g/mol. The average Bonchev–Trinajstić information content (AvgIpc) is 2.75. The van der Waals surface area contributed by atoms with E-state index in [0.717, 1.165) is 12.0 Å². The summed E-state index contributed by atoms with van der Waals surface area (Å²) in [4.78, 5) is 0.697. The molecule has 0 aliphatic carbocycles. The fraction of sp³-hybridized carbons (Fsp3) is 0.571. The van der Waals surface area contributed by atoms with Crippen molar-refractivity contribution in [3.8, 4) is 0 Å². The van der Waals surface area contributed by atoms with Gasteiger partial charge in [-0.2, -0.15) is 4.31 Å². The molecule has 1 aromatic carbocycles. The molecule has 2 atom stereocenters. The lowest BCUT2D eigenvalue weighted by Gasteiger charge is -2.27. The van der Waals surface area contributed by atoms with Crippen molar-refractivity contribution in [3.05, 3.63) is 29.8 Å². The molecule has 106 valence electrons. The fourth-order valence-electron chi connectivity index (χ4n) is 2.33. The highest BCUT2D eigenvalue weighted by Crippen LogP contribution is 2.39. The second kappa shape index (κ2) is 5.19. The van der Waals surface area contributed by atoms with Crippen molar-refractivity contribution in [3.63, 3.8) is 0 Å². The molecule has 0 saturated carbocycles. The molecule has 0 radical (unpaired) electrons. The van der Waals surface area contributed by atoms with Gasteiger partial charge in [0.2, 0.25) is 10.0 Å². The minimum atomic E-state index is -3.35. The number of sulfonamides is 1. The summed E-state index contributed by atoms with van der Waals surface area (Å²) in [5, 5.41) is 0. The smallest absolute Gasteiger partial charge is 0.207 e. The SMILES string of the molecule is Cc1ccc(S(=O)(=O)N2CCC(C)(C(C)Br)C2)cc1. The lowest BCUT2D eigenvalue weighted by Crippen LogP contribution is -2.34. The zero-order valence-electron chi connectivity index (χ0n) is 11.6. The first-order valence-corrected chi connectivity index (χ1v) is 8.82. The molecule has 1 fully saturated rings. The second-order valence-corrected chi connectivity index (χ2v) is 8.98. The van der Waals surface area contributed by atoms with Crippen LogP contribution in [0.15, 0.2) is 29.2 Å². The lowest BCUT2D eigenvalue weighted by molar-refractivity contribution is 0.340. The van der Waals surface area contributed by atoms with Crippen molar-refractivity contribution >= 4 is 26.0 Å². The molecule has 3 nitrogen and oxygen atoms in total. The van der Waals surface area contributed by atoms with Crippen LogP contribution < -0.4 is 0 Å². The van der Waals surface area contributed by atoms with Crippen LogP contribution in [-0.2, 0) is 10.0 Å². The number of rotatable bonds is 3. The van der Waals surface area contributed by atoms with Crippen molar-refractivity contribution in [2.24, 2.45) is 5.41 Å². The van der Waals surface area contributed by atoms with Gasteiger partial charge in [0.05, 0.1) is 4.90 Å². The third-order valence-corrected chi connectivity index (χ3v) is 7.05. The summed E-state index contributed by atoms with van der Waals surface area (Å²) < 4.78 is 26.7. The molecule has 0 N–H and O–H groups in total. The number of hydrogen-bond acceptors (Lipinski definition) is 2. The predicted molar refractivity (Wildman–Crippen MR) is 81.1 cm³/mol. The van der Waals surface area contributed by atoms with Crippen LogP contribution >= 0.6 is 15.9 Å². The van der Waals surface area contributed by atoms with Crippen molar-refractivity contribution in [2.75, 3.05) is 13.1 Å². The van der Waals surface area contributed by atoms with Crippen molar-refractivity contribution in [1.82, 2.24) is 4.31 Å². The van der Waals surface area contributed by atoms with Gasteiger partial charge >= 0.3 is 0 Å². The summed E-state index contributed by atoms with van der Waals surface area (Å²) in [7, 11) is -3.35. The van der Waals surface area contributed by atoms with E-state index in [2.05, 4.69) is 29.8 Å². The highest BCUT2D eigenvalue weighted by molar-refractivity contribution is 9.09. The van der Waals surface area contributed by atoms with Gasteiger partial charge in [0.25, 0.3) is 0 Å². The van der Waals surface area contributed by atoms with E-state index >= 15 is 0 Å². The minimum Gasteiger partial charge on any atom is -0.207 e. The van der Waals surface area contributed by atoms with Crippen LogP contribution in [0.5, 0.6) is 0 Å². The topological polar surface area (TPSA) is 37.4 Å². The molecule has 0 bridgehead atoms. The van der Waals surface area contributed by atoms with Crippen LogP contribution in [0, 0.1) is 12.3 Å². The van der Waals surface area contributed by atoms with Crippen LogP contribution in [0.4, 0.5) is 0 Å². The second-order valence-electron chi connectivity index (χ2n) is 5.67. The van der Waals surface area contributed by atoms with E-state index in [4.69, 9.17) is 0 Å². The van der Waals surface area contributed by atoms with Crippen molar-refractivity contribution in [1.29, 1.82) is 0 Å². The number of nitrogens with zero attached hydrogens (tertiary/aromatic N) is 1. The minimum absolute atomic E-state index is 0.0117. The van der Waals surface area contributed by atoms with E-state index in [1.807, 2.05) is 19.1 Å². The summed E-state index contributed by atoms with van der Waals surface area (Å²) in [6.07, 6.45) is 0.893. The molecule has 0 spiro atoms. The summed E-state index contributed by atoms with van der Waals surface area (Å²) in [5.74, 6) is 0. The van der Waals surface area contributed by atoms with Gasteiger partial charge in [0.15, 0.2) is 0 Å². The maximum atomic E-state index is 12.6. The van der Waals surface area contributed by atoms with E-state index in [-0.39, 0.29) is 5.41 Å². The summed E-state index contributed by atoms with van der Waals surface area (Å²) in [6.45, 7) is 7.35. The largest absolute Gasteiger partial charge is 0.243 e. The van der Waals surface area contributed by atoms with E-state index in [1.165, 1.54) is 0 Å². The zero-order valence-corrected chi connectivity index (χ0v) is 14.0. The Morgan fingerprint density at radius 3 is 2.37 bits per heavy atom. The summed E-state index contributed by atoms with van der Waals surface area (Å²) in [6, 6.07) is 7.07. The normalized spacial score (nSPS) is 26.5. The van der Waals surface area contributed by atoms with Gasteiger partial charge in [-0.1, -0.05) is 47.5 Å². The fourth-order valence-corrected chi connectivity index (χ4v) is 4.28. The maximum Gasteiger partial charge on any atom is 0.243 e. The molecule has 0 aromatic heterocycles. The van der Waals surface area contributed by atoms with Gasteiger partial charge in [0, 0.05) is 17.9 Å². The third kappa shape index (κ3) is 2.88. The first-order chi connectivity index (χ1) is 8.75. The number of alkyl halides is 1. The molecular weight excluding hydrogens is 326 g/mol. The predicted octanol–water partition coefficient (Wildman–Crippen LogP) is 3.18. The first-order valence-electron chi connectivity index (χ1n) is 6.47. The molecule has 0 amide bonds. The van der Waals surface area contributed by atoms with Gasteiger partial charge < -0.3 is 0 Å². The highest BCUT2D eigenvalue weighted by Gasteiger charge is 2.42. The zero-order chi connectivity index (χ0) is 14.3. The number of hydrogen-bond donors (Lipinski definition) is 0. The van der Waals surface area contributed by atoms with Crippen LogP contribution in [0.3, 0.4) is 0 Å². The summed E-state index contributed by atoms with van der Waals surface area (Å²) >= 11 is 3.60. The standard InChI is InChI=1S/C14H20BrNO2S/c1-11-4-6-13(7-5-11)19(17,18)16-9-8-14(3,10-16)12(2)15/h4-7,12H,8-10H2,1-3H3. The molecule has 1 saturated heterocycles. The Morgan fingerprint density at radius 1 is 1.32 bits per heavy atom. The Balaban J connectivity index is 2.25. The summed E-state index contributed by atoms with van der Waals surface area (Å²) in [5.41, 5.74) is 1.08. The molecule has 1 heterocycles. The van der Waals surface area contributed by atoms with Crippen LogP contribution in [-0.4, -0.2) is 30.6 Å². The van der Waals surface area contributed by atoms with Gasteiger partial charge in [-0.15, -0.1) is 0 Å². The molecule has 1 aliphatic rings. The Labute approximate surface area is 124 Å². The van der Waals surface area contributed by atoms with Crippen LogP contribution in [0.1, 0.15) is 25.8 Å². The quantitative estimate of drug-likeness (QED) is 0.789. The van der Waals surface area contributed by atoms with Gasteiger partial charge in [-0.05, 0) is 30.9 Å². The Morgan fingerprint density at radius 2 is 1.89 bits per heavy atom. The Kier molecular flexibility index (Phi) is 4.10. The van der Waals surface area contributed by atoms with Crippen LogP contribution in [0.2, 0.25) is 0 Å². The van der Waals surface area contributed by atoms with E-state index in [9.17, 15) is 8.42 Å². The maximum absolute atomic E-state index is 12.6. The molecule has 19 heavy (non-hydrogen) atoms. The molecule has 5 heteroatoms.